The lowest BCUT2D eigenvalue weighted by molar-refractivity contribution is 0.280. The van der Waals surface area contributed by atoms with Crippen LogP contribution >= 0.6 is 11.3 Å². The van der Waals surface area contributed by atoms with Crippen molar-refractivity contribution in [1.82, 2.24) is 4.98 Å². The van der Waals surface area contributed by atoms with Crippen LogP contribution in [0.5, 0.6) is 17.2 Å². The number of nitrogens with zero attached hydrogens (tertiary/aromatic N) is 1. The second-order valence-electron chi connectivity index (χ2n) is 9.73. The lowest BCUT2D eigenvalue weighted by atomic mass is 10.0. The second-order valence-corrected chi connectivity index (χ2v) is 10.8. The van der Waals surface area contributed by atoms with E-state index in [-0.39, 0.29) is 11.2 Å². The van der Waals surface area contributed by atoms with Gasteiger partial charge in [-0.25, -0.2) is 4.98 Å². The summed E-state index contributed by atoms with van der Waals surface area (Å²) in [4.78, 5) is 18.3. The third kappa shape index (κ3) is 6.88. The maximum Gasteiger partial charge on any atom is 0.228 e. The highest BCUT2D eigenvalue weighted by Crippen LogP contribution is 2.42. The number of fused-ring (bicyclic) bond motifs is 2. The average molecular weight is 510 g/mol. The Kier molecular flexibility index (Phi) is 9.94. The molecule has 1 aromatic rings. The Morgan fingerprint density at radius 3 is 2.50 bits per heavy atom. The predicted molar refractivity (Wildman–Crippen MR) is 151 cm³/mol. The first kappa shape index (κ1) is 27.7. The molecule has 1 heterocycles. The molecule has 3 rings (SSSR count). The lowest BCUT2D eigenvalue weighted by Crippen LogP contribution is -2.13. The minimum absolute atomic E-state index is 0.164. The molecule has 1 aliphatic carbocycles. The largest absolute Gasteiger partial charge is 0.494 e. The van der Waals surface area contributed by atoms with Gasteiger partial charge < -0.3 is 14.2 Å². The number of hydrogen-bond donors (Lipinski definition) is 0. The zero-order valence-corrected chi connectivity index (χ0v) is 23.5. The van der Waals surface area contributed by atoms with Gasteiger partial charge in [-0.1, -0.05) is 30.2 Å². The van der Waals surface area contributed by atoms with Gasteiger partial charge in [0.2, 0.25) is 11.2 Å². The van der Waals surface area contributed by atoms with Crippen molar-refractivity contribution in [2.24, 2.45) is 5.92 Å². The summed E-state index contributed by atoms with van der Waals surface area (Å²) >= 11 is 1.53. The van der Waals surface area contributed by atoms with Crippen LogP contribution in [0.2, 0.25) is 0 Å². The first-order valence-electron chi connectivity index (χ1n) is 12.7. The third-order valence-electron chi connectivity index (χ3n) is 6.43. The fraction of sp³-hybridized carbons (Fsp3) is 0.467. The molecule has 2 aliphatic rings. The molecule has 194 valence electrons. The highest BCUT2D eigenvalue weighted by molar-refractivity contribution is 7.21. The van der Waals surface area contributed by atoms with Crippen molar-refractivity contribution in [3.63, 3.8) is 0 Å². The van der Waals surface area contributed by atoms with Crippen molar-refractivity contribution in [2.45, 2.75) is 66.7 Å². The fourth-order valence-electron chi connectivity index (χ4n) is 4.18. The summed E-state index contributed by atoms with van der Waals surface area (Å²) in [6.07, 6.45) is 10.3. The first-order valence-corrected chi connectivity index (χ1v) is 13.5. The minimum Gasteiger partial charge on any atom is -0.494 e. The summed E-state index contributed by atoms with van der Waals surface area (Å²) in [5, 5.41) is 0. The zero-order chi connectivity index (χ0) is 26.2. The molecule has 1 unspecified atom stereocenters. The molecule has 0 aromatic heterocycles. The van der Waals surface area contributed by atoms with E-state index in [9.17, 15) is 4.79 Å². The topological polar surface area (TPSA) is 57.7 Å². The molecule has 36 heavy (non-hydrogen) atoms. The minimum atomic E-state index is -0.164. The summed E-state index contributed by atoms with van der Waals surface area (Å²) in [6, 6.07) is 5.94. The molecule has 0 spiro atoms. The summed E-state index contributed by atoms with van der Waals surface area (Å²) in [6.45, 7) is 11.3. The number of benzene rings is 2. The monoisotopic (exact) mass is 509 g/mol. The number of allylic oxidation sites excluding steroid dienone is 4. The lowest BCUT2D eigenvalue weighted by Gasteiger charge is -2.16. The summed E-state index contributed by atoms with van der Waals surface area (Å²) in [5.41, 5.74) is 4.77. The van der Waals surface area contributed by atoms with E-state index < -0.39 is 0 Å². The predicted octanol–water partition coefficient (Wildman–Crippen LogP) is 7.96. The van der Waals surface area contributed by atoms with E-state index in [4.69, 9.17) is 19.2 Å². The Labute approximate surface area is 219 Å². The molecule has 5 nitrogen and oxygen atoms in total. The van der Waals surface area contributed by atoms with Crippen LogP contribution in [0.25, 0.3) is 20.8 Å². The Morgan fingerprint density at radius 1 is 1.06 bits per heavy atom. The van der Waals surface area contributed by atoms with Crippen LogP contribution in [-0.2, 0) is 0 Å². The van der Waals surface area contributed by atoms with Gasteiger partial charge in [-0.15, -0.1) is 11.3 Å². The molecule has 1 aliphatic heterocycles. The summed E-state index contributed by atoms with van der Waals surface area (Å²) in [7, 11) is 3.01. The van der Waals surface area contributed by atoms with Crippen LogP contribution in [0.4, 0.5) is 0 Å². The van der Waals surface area contributed by atoms with E-state index in [0.29, 0.717) is 29.5 Å². The molecule has 1 atom stereocenters. The van der Waals surface area contributed by atoms with Crippen LogP contribution in [-0.4, -0.2) is 25.8 Å². The number of hydrogen-bond acceptors (Lipinski definition) is 6. The molecule has 0 N–H and O–H groups in total. The maximum atomic E-state index is 12.7. The molecule has 0 amide bonds. The van der Waals surface area contributed by atoms with E-state index in [1.54, 1.807) is 6.92 Å². The van der Waals surface area contributed by atoms with Gasteiger partial charge in [-0.05, 0) is 77.8 Å². The highest BCUT2D eigenvalue weighted by Gasteiger charge is 2.24. The Bertz CT molecular complexity index is 1270. The van der Waals surface area contributed by atoms with E-state index in [2.05, 4.69) is 39.8 Å². The standard InChI is InChI=1S/C30H39NO4S/c1-19(2)10-8-11-20(3)12-9-13-21(4)16-17-35-23-14-15-25-24(18-23)31-26-28(33-6)29(34-7)27(32)22(5)30(26)36-25/h10,12,14-15,18,21H,8-9,11,13,16-17H2,1-7H3. The van der Waals surface area contributed by atoms with E-state index in [1.165, 1.54) is 43.1 Å². The van der Waals surface area contributed by atoms with E-state index in [0.717, 1.165) is 46.5 Å². The van der Waals surface area contributed by atoms with Crippen molar-refractivity contribution < 1.29 is 14.2 Å². The number of aromatic nitrogens is 1. The smallest absolute Gasteiger partial charge is 0.228 e. The molecule has 0 saturated carbocycles. The fourth-order valence-corrected chi connectivity index (χ4v) is 5.23. The van der Waals surface area contributed by atoms with Crippen LogP contribution in [0.3, 0.4) is 0 Å². The molecular formula is C30H39NO4S. The van der Waals surface area contributed by atoms with Crippen molar-refractivity contribution in [3.8, 4) is 27.8 Å². The van der Waals surface area contributed by atoms with Crippen molar-refractivity contribution in [2.75, 3.05) is 20.8 Å². The van der Waals surface area contributed by atoms with Gasteiger partial charge in [0, 0.05) is 11.6 Å². The Morgan fingerprint density at radius 2 is 1.81 bits per heavy atom. The average Bonchev–Trinajstić information content (AvgIpc) is 2.84. The van der Waals surface area contributed by atoms with Gasteiger partial charge in [0.1, 0.15) is 11.4 Å². The molecular weight excluding hydrogens is 470 g/mol. The number of rotatable bonds is 12. The van der Waals surface area contributed by atoms with Gasteiger partial charge in [-0.3, -0.25) is 4.79 Å². The highest BCUT2D eigenvalue weighted by atomic mass is 32.1. The van der Waals surface area contributed by atoms with Crippen molar-refractivity contribution in [3.05, 3.63) is 57.3 Å². The van der Waals surface area contributed by atoms with E-state index >= 15 is 0 Å². The SMILES string of the molecule is COc1c2nc3cc(OCCC(C)CCC=C(C)CCC=C(C)C)ccc3sc-2c(C)c(=O)c1OC. The van der Waals surface area contributed by atoms with Gasteiger partial charge in [0.15, 0.2) is 5.75 Å². The van der Waals surface area contributed by atoms with Crippen molar-refractivity contribution in [1.29, 1.82) is 0 Å². The number of ether oxygens (including phenoxy) is 3. The maximum absolute atomic E-state index is 12.7. The van der Waals surface area contributed by atoms with Crippen LogP contribution in [0.1, 0.15) is 65.4 Å². The zero-order valence-electron chi connectivity index (χ0n) is 22.7. The van der Waals surface area contributed by atoms with Gasteiger partial charge in [0.05, 0.1) is 35.9 Å². The molecule has 1 aromatic carbocycles. The molecule has 0 radical (unpaired) electrons. The van der Waals surface area contributed by atoms with Crippen LogP contribution < -0.4 is 19.6 Å². The van der Waals surface area contributed by atoms with Crippen molar-refractivity contribution >= 4 is 21.6 Å². The number of methoxy groups -OCH3 is 2. The Balaban J connectivity index is 1.63. The van der Waals surface area contributed by atoms with E-state index in [1.807, 2.05) is 18.2 Å². The molecule has 0 bridgehead atoms. The summed E-state index contributed by atoms with van der Waals surface area (Å²) < 4.78 is 17.9. The normalized spacial score (nSPS) is 12.6. The van der Waals surface area contributed by atoms with Crippen LogP contribution in [0.15, 0.2) is 46.3 Å². The molecule has 0 fully saturated rings. The third-order valence-corrected chi connectivity index (χ3v) is 7.70. The molecule has 0 saturated heterocycles. The van der Waals surface area contributed by atoms with Crippen LogP contribution in [0, 0.1) is 12.8 Å². The first-order chi connectivity index (χ1) is 17.2. The van der Waals surface area contributed by atoms with Gasteiger partial charge >= 0.3 is 0 Å². The quantitative estimate of drug-likeness (QED) is 0.183. The van der Waals surface area contributed by atoms with Gasteiger partial charge in [-0.2, -0.15) is 0 Å². The second kappa shape index (κ2) is 12.9. The molecule has 6 heteroatoms. The van der Waals surface area contributed by atoms with Gasteiger partial charge in [0.25, 0.3) is 0 Å². The summed E-state index contributed by atoms with van der Waals surface area (Å²) in [5.74, 6) is 1.97. The Hall–Kier alpha value is -2.86.